The average Bonchev–Trinajstić information content (AvgIpc) is 2.88. The van der Waals surface area contributed by atoms with Crippen LogP contribution in [0.5, 0.6) is 5.75 Å². The van der Waals surface area contributed by atoms with Gasteiger partial charge >= 0.3 is 0 Å². The summed E-state index contributed by atoms with van der Waals surface area (Å²) in [4.78, 5) is 0. The molecule has 1 N–H and O–H groups in total. The van der Waals surface area contributed by atoms with Gasteiger partial charge in [-0.3, -0.25) is 0 Å². The van der Waals surface area contributed by atoms with Crippen LogP contribution in [0, 0.1) is 20.8 Å². The molecule has 2 rings (SSSR count). The van der Waals surface area contributed by atoms with E-state index in [0.29, 0.717) is 29.8 Å². The lowest BCUT2D eigenvalue weighted by Crippen LogP contribution is -2.39. The minimum absolute atomic E-state index is 0.158. The third-order valence-corrected chi connectivity index (χ3v) is 4.10. The normalized spacial score (nSPS) is 19.8. The number of alkyl halides is 2. The highest BCUT2D eigenvalue weighted by molar-refractivity contribution is 5.50. The number of hydrogen-bond donors (Lipinski definition) is 1. The van der Waals surface area contributed by atoms with Crippen molar-refractivity contribution >= 4 is 0 Å². The summed E-state index contributed by atoms with van der Waals surface area (Å²) in [6, 6.07) is 0.957. The Kier molecular flexibility index (Phi) is 3.81. The summed E-state index contributed by atoms with van der Waals surface area (Å²) in [5.41, 5.74) is 2.18. The highest BCUT2D eigenvalue weighted by Gasteiger charge is 2.44. The number of rotatable bonds is 3. The molecule has 1 fully saturated rings. The maximum absolute atomic E-state index is 14.7. The fourth-order valence-electron chi connectivity index (χ4n) is 2.94. The molecule has 2 nitrogen and oxygen atoms in total. The highest BCUT2D eigenvalue weighted by Crippen LogP contribution is 2.41. The molecule has 1 aliphatic rings. The topological polar surface area (TPSA) is 21.3 Å². The van der Waals surface area contributed by atoms with Crippen molar-refractivity contribution < 1.29 is 13.5 Å². The predicted octanol–water partition coefficient (Wildman–Crippen LogP) is 3.46. The monoisotopic (exact) mass is 269 g/mol. The van der Waals surface area contributed by atoms with Gasteiger partial charge < -0.3 is 10.1 Å². The van der Waals surface area contributed by atoms with E-state index in [1.807, 2.05) is 6.92 Å². The van der Waals surface area contributed by atoms with Crippen molar-refractivity contribution in [1.29, 1.82) is 0 Å². The van der Waals surface area contributed by atoms with Crippen LogP contribution in [0.1, 0.15) is 35.1 Å². The molecule has 19 heavy (non-hydrogen) atoms. The van der Waals surface area contributed by atoms with Gasteiger partial charge in [-0.15, -0.1) is 0 Å². The Morgan fingerprint density at radius 2 is 1.95 bits per heavy atom. The lowest BCUT2D eigenvalue weighted by Gasteiger charge is -2.28. The number of hydrogen-bond acceptors (Lipinski definition) is 2. The quantitative estimate of drug-likeness (QED) is 0.907. The molecular weight excluding hydrogens is 248 g/mol. The van der Waals surface area contributed by atoms with Crippen molar-refractivity contribution in [2.45, 2.75) is 45.6 Å². The van der Waals surface area contributed by atoms with E-state index in [9.17, 15) is 8.78 Å². The van der Waals surface area contributed by atoms with Crippen LogP contribution in [0.15, 0.2) is 6.07 Å². The predicted molar refractivity (Wildman–Crippen MR) is 72.1 cm³/mol. The molecule has 1 aromatic carbocycles. The van der Waals surface area contributed by atoms with E-state index in [1.165, 1.54) is 0 Å². The summed E-state index contributed by atoms with van der Waals surface area (Å²) in [7, 11) is 1.57. The first-order chi connectivity index (χ1) is 8.89. The molecule has 0 aromatic heterocycles. The Morgan fingerprint density at radius 1 is 1.26 bits per heavy atom. The molecule has 1 aliphatic heterocycles. The molecule has 0 bridgehead atoms. The molecule has 1 heterocycles. The van der Waals surface area contributed by atoms with E-state index in [0.717, 1.165) is 12.0 Å². The molecule has 1 saturated heterocycles. The molecule has 0 aliphatic carbocycles. The fourth-order valence-corrected chi connectivity index (χ4v) is 2.94. The zero-order valence-corrected chi connectivity index (χ0v) is 11.9. The molecule has 0 amide bonds. The van der Waals surface area contributed by atoms with Crippen molar-refractivity contribution in [3.05, 3.63) is 28.3 Å². The number of ether oxygens (including phenoxy) is 1. The van der Waals surface area contributed by atoms with Crippen molar-refractivity contribution in [3.63, 3.8) is 0 Å². The smallest absolute Gasteiger partial charge is 0.288 e. The molecule has 0 saturated carbocycles. The zero-order valence-electron chi connectivity index (χ0n) is 11.9. The van der Waals surface area contributed by atoms with Crippen LogP contribution < -0.4 is 10.1 Å². The van der Waals surface area contributed by atoms with E-state index in [4.69, 9.17) is 4.74 Å². The molecule has 106 valence electrons. The molecule has 1 unspecified atom stereocenters. The van der Waals surface area contributed by atoms with Crippen LogP contribution in [0.3, 0.4) is 0 Å². The van der Waals surface area contributed by atoms with Crippen molar-refractivity contribution in [2.24, 2.45) is 0 Å². The summed E-state index contributed by atoms with van der Waals surface area (Å²) in [6.07, 6.45) is 1.34. The Morgan fingerprint density at radius 3 is 2.47 bits per heavy atom. The first kappa shape index (κ1) is 14.3. The number of halogens is 2. The molecular formula is C15H21F2NO. The third kappa shape index (κ3) is 2.34. The minimum Gasteiger partial charge on any atom is -0.496 e. The summed E-state index contributed by atoms with van der Waals surface area (Å²) in [5.74, 6) is -2.16. The first-order valence-corrected chi connectivity index (χ1v) is 6.66. The molecule has 1 aromatic rings. The molecule has 0 radical (unpaired) electrons. The summed E-state index contributed by atoms with van der Waals surface area (Å²) >= 11 is 0. The van der Waals surface area contributed by atoms with E-state index in [1.54, 1.807) is 27.0 Å². The minimum atomic E-state index is -2.83. The van der Waals surface area contributed by atoms with Crippen molar-refractivity contribution in [2.75, 3.05) is 13.7 Å². The van der Waals surface area contributed by atoms with Gasteiger partial charge in [0.1, 0.15) is 5.75 Å². The Bertz CT molecular complexity index is 480. The van der Waals surface area contributed by atoms with Gasteiger partial charge in [-0.05, 0) is 62.9 Å². The summed E-state index contributed by atoms with van der Waals surface area (Å²) in [6.45, 7) is 5.99. The van der Waals surface area contributed by atoms with E-state index < -0.39 is 12.0 Å². The second-order valence-electron chi connectivity index (χ2n) is 5.29. The summed E-state index contributed by atoms with van der Waals surface area (Å²) in [5, 5.41) is 2.92. The van der Waals surface area contributed by atoms with Gasteiger partial charge in [0.15, 0.2) is 0 Å². The van der Waals surface area contributed by atoms with Gasteiger partial charge in [0.05, 0.1) is 13.2 Å². The number of aryl methyl sites for hydroxylation is 1. The van der Waals surface area contributed by atoms with Crippen LogP contribution in [-0.2, 0) is 5.92 Å². The Labute approximate surface area is 113 Å². The number of nitrogens with one attached hydrogen (secondary N) is 1. The zero-order chi connectivity index (χ0) is 14.2. The molecule has 0 spiro atoms. The Balaban J connectivity index is 2.52. The maximum atomic E-state index is 14.7. The molecule has 1 atom stereocenters. The fraction of sp³-hybridized carbons (Fsp3) is 0.600. The van der Waals surface area contributed by atoms with Gasteiger partial charge in [-0.2, -0.15) is 8.78 Å². The van der Waals surface area contributed by atoms with Crippen molar-refractivity contribution in [3.8, 4) is 5.75 Å². The maximum Gasteiger partial charge on any atom is 0.288 e. The van der Waals surface area contributed by atoms with Gasteiger partial charge in [-0.1, -0.05) is 0 Å². The van der Waals surface area contributed by atoms with Crippen LogP contribution in [-0.4, -0.2) is 19.7 Å². The van der Waals surface area contributed by atoms with Gasteiger partial charge in [0.25, 0.3) is 5.92 Å². The Hall–Kier alpha value is -1.16. The van der Waals surface area contributed by atoms with Gasteiger partial charge in [0.2, 0.25) is 0 Å². The summed E-state index contributed by atoms with van der Waals surface area (Å²) < 4.78 is 34.6. The lowest BCUT2D eigenvalue weighted by molar-refractivity contribution is -0.0388. The van der Waals surface area contributed by atoms with Crippen LogP contribution in [0.25, 0.3) is 0 Å². The van der Waals surface area contributed by atoms with E-state index >= 15 is 0 Å². The highest BCUT2D eigenvalue weighted by atomic mass is 19.3. The SMILES string of the molecule is COc1cc(C)c(C(F)(F)C2CCCN2)c(C)c1C. The van der Waals surface area contributed by atoms with Crippen LogP contribution >= 0.6 is 0 Å². The van der Waals surface area contributed by atoms with Gasteiger partial charge in [0, 0.05) is 5.56 Å². The van der Waals surface area contributed by atoms with Crippen LogP contribution in [0.2, 0.25) is 0 Å². The number of methoxy groups -OCH3 is 1. The van der Waals surface area contributed by atoms with Crippen LogP contribution in [0.4, 0.5) is 8.78 Å². The second-order valence-corrected chi connectivity index (χ2v) is 5.29. The van der Waals surface area contributed by atoms with E-state index in [2.05, 4.69) is 5.32 Å². The molecule has 4 heteroatoms. The van der Waals surface area contributed by atoms with Gasteiger partial charge in [-0.25, -0.2) is 0 Å². The standard InChI is InChI=1S/C15H21F2NO/c1-9-8-12(19-4)10(2)11(3)14(9)15(16,17)13-6-5-7-18-13/h8,13,18H,5-7H2,1-4H3. The van der Waals surface area contributed by atoms with Crippen molar-refractivity contribution in [1.82, 2.24) is 5.32 Å². The lowest BCUT2D eigenvalue weighted by atomic mass is 9.89. The average molecular weight is 269 g/mol. The number of benzene rings is 1. The second kappa shape index (κ2) is 5.08. The largest absolute Gasteiger partial charge is 0.496 e. The van der Waals surface area contributed by atoms with E-state index in [-0.39, 0.29) is 5.56 Å². The third-order valence-electron chi connectivity index (χ3n) is 4.10. The first-order valence-electron chi connectivity index (χ1n) is 6.66.